The fourth-order valence-corrected chi connectivity index (χ4v) is 3.07. The van der Waals surface area contributed by atoms with E-state index in [1.807, 2.05) is 24.3 Å². The highest BCUT2D eigenvalue weighted by Gasteiger charge is 2.13. The minimum absolute atomic E-state index is 0.205. The molecule has 0 saturated carbocycles. The normalized spacial score (nSPS) is 10.6. The number of amides is 2. The van der Waals surface area contributed by atoms with Crippen LogP contribution in [0.5, 0.6) is 0 Å². The molecule has 0 atom stereocenters. The molecule has 0 saturated heterocycles. The molecule has 4 aromatic rings. The first-order valence-electron chi connectivity index (χ1n) is 9.60. The Hall–Kier alpha value is -4.27. The number of carbonyl (C=O) groups excluding carboxylic acids is 2. The fraction of sp³-hybridized carbons (Fsp3) is 0.136. The van der Waals surface area contributed by atoms with Gasteiger partial charge in [0, 0.05) is 17.8 Å². The van der Waals surface area contributed by atoms with E-state index in [4.69, 9.17) is 4.52 Å². The van der Waals surface area contributed by atoms with E-state index in [1.54, 1.807) is 42.2 Å². The minimum atomic E-state index is -0.319. The molecule has 0 aliphatic heterocycles. The summed E-state index contributed by atoms with van der Waals surface area (Å²) in [5.74, 6) is -0.0825. The molecule has 156 valence electrons. The lowest BCUT2D eigenvalue weighted by atomic mass is 10.1. The molecular weight excluding hydrogens is 396 g/mol. The first kappa shape index (κ1) is 20.0. The molecule has 2 amide bonds. The second kappa shape index (κ2) is 9.04. The van der Waals surface area contributed by atoms with Crippen molar-refractivity contribution in [1.29, 1.82) is 0 Å². The first-order valence-corrected chi connectivity index (χ1v) is 9.60. The van der Waals surface area contributed by atoms with Gasteiger partial charge < -0.3 is 15.2 Å². The third-order valence-electron chi connectivity index (χ3n) is 4.76. The van der Waals surface area contributed by atoms with Crippen molar-refractivity contribution in [1.82, 2.24) is 25.2 Å². The van der Waals surface area contributed by atoms with Crippen molar-refractivity contribution in [3.8, 4) is 0 Å². The maximum atomic E-state index is 12.6. The van der Waals surface area contributed by atoms with E-state index in [-0.39, 0.29) is 11.8 Å². The molecule has 9 nitrogen and oxygen atoms in total. The average molecular weight is 416 g/mol. The topological polar surface area (TPSA) is 115 Å². The minimum Gasteiger partial charge on any atom is -0.361 e. The lowest BCUT2D eigenvalue weighted by Crippen LogP contribution is -2.23. The molecule has 2 aromatic carbocycles. The summed E-state index contributed by atoms with van der Waals surface area (Å²) in [4.78, 5) is 28.7. The van der Waals surface area contributed by atoms with Gasteiger partial charge in [-0.25, -0.2) is 9.67 Å². The lowest BCUT2D eigenvalue weighted by Gasteiger charge is -2.11. The van der Waals surface area contributed by atoms with Gasteiger partial charge in [0.05, 0.1) is 12.7 Å². The van der Waals surface area contributed by atoms with E-state index in [0.29, 0.717) is 35.7 Å². The largest absolute Gasteiger partial charge is 0.361 e. The predicted octanol–water partition coefficient (Wildman–Crippen LogP) is 2.81. The summed E-state index contributed by atoms with van der Waals surface area (Å²) in [5.41, 5.74) is 3.48. The highest BCUT2D eigenvalue weighted by Crippen LogP contribution is 2.14. The Morgan fingerprint density at radius 2 is 1.81 bits per heavy atom. The van der Waals surface area contributed by atoms with Crippen LogP contribution in [0.4, 0.5) is 5.69 Å². The number of anilines is 1. The van der Waals surface area contributed by atoms with E-state index in [2.05, 4.69) is 25.9 Å². The Kier molecular flexibility index (Phi) is 5.84. The van der Waals surface area contributed by atoms with Crippen molar-refractivity contribution in [2.75, 3.05) is 5.32 Å². The van der Waals surface area contributed by atoms with Crippen LogP contribution in [0.25, 0.3) is 0 Å². The van der Waals surface area contributed by atoms with Crippen LogP contribution in [0, 0.1) is 6.92 Å². The molecule has 0 spiro atoms. The van der Waals surface area contributed by atoms with Crippen LogP contribution >= 0.6 is 0 Å². The van der Waals surface area contributed by atoms with Gasteiger partial charge in [0.2, 0.25) is 0 Å². The van der Waals surface area contributed by atoms with E-state index >= 15 is 0 Å². The summed E-state index contributed by atoms with van der Waals surface area (Å²) in [6.07, 6.45) is 4.51. The van der Waals surface area contributed by atoms with Crippen molar-refractivity contribution in [3.63, 3.8) is 0 Å². The van der Waals surface area contributed by atoms with Gasteiger partial charge in [0.1, 0.15) is 24.0 Å². The first-order chi connectivity index (χ1) is 15.1. The number of hydrogen-bond acceptors (Lipinski definition) is 6. The number of nitrogens with zero attached hydrogens (tertiary/aromatic N) is 4. The van der Waals surface area contributed by atoms with E-state index in [1.165, 1.54) is 12.5 Å². The second-order valence-corrected chi connectivity index (χ2v) is 6.87. The van der Waals surface area contributed by atoms with Crippen molar-refractivity contribution in [2.45, 2.75) is 20.0 Å². The highest BCUT2D eigenvalue weighted by molar-refractivity contribution is 6.05. The Bertz CT molecular complexity index is 1180. The molecular formula is C22H20N6O3. The molecule has 2 N–H and O–H groups in total. The van der Waals surface area contributed by atoms with E-state index in [9.17, 15) is 9.59 Å². The summed E-state index contributed by atoms with van der Waals surface area (Å²) in [6.45, 7) is 2.63. The van der Waals surface area contributed by atoms with Crippen molar-refractivity contribution in [3.05, 3.63) is 95.4 Å². The zero-order valence-corrected chi connectivity index (χ0v) is 16.8. The molecule has 0 aliphatic rings. The molecule has 9 heteroatoms. The van der Waals surface area contributed by atoms with E-state index < -0.39 is 0 Å². The van der Waals surface area contributed by atoms with Crippen LogP contribution in [-0.4, -0.2) is 31.7 Å². The molecule has 31 heavy (non-hydrogen) atoms. The van der Waals surface area contributed by atoms with Crippen molar-refractivity contribution in [2.24, 2.45) is 0 Å². The molecule has 0 bridgehead atoms. The summed E-state index contributed by atoms with van der Waals surface area (Å²) in [6, 6.07) is 14.5. The summed E-state index contributed by atoms with van der Waals surface area (Å²) in [7, 11) is 0. The van der Waals surface area contributed by atoms with Gasteiger partial charge in [0.25, 0.3) is 11.8 Å². The lowest BCUT2D eigenvalue weighted by molar-refractivity contribution is 0.0950. The van der Waals surface area contributed by atoms with Gasteiger partial charge in [0.15, 0.2) is 0 Å². The maximum Gasteiger partial charge on any atom is 0.260 e. The molecule has 2 aromatic heterocycles. The van der Waals surface area contributed by atoms with E-state index in [0.717, 1.165) is 11.1 Å². The Labute approximate surface area is 178 Å². The van der Waals surface area contributed by atoms with Gasteiger partial charge in [-0.05, 0) is 42.3 Å². The highest BCUT2D eigenvalue weighted by atomic mass is 16.5. The standard InChI is InChI=1S/C22H20N6O3/c1-15-20(11-26-31-15)22(30)27-19-8-6-16(7-9-19)21(29)24-10-17-4-2-3-5-18(17)12-28-14-23-13-25-28/h2-9,11,13-14H,10,12H2,1H3,(H,24,29)(H,27,30). The van der Waals surface area contributed by atoms with Gasteiger partial charge >= 0.3 is 0 Å². The van der Waals surface area contributed by atoms with Crippen LogP contribution < -0.4 is 10.6 Å². The maximum absolute atomic E-state index is 12.6. The Morgan fingerprint density at radius 1 is 1.03 bits per heavy atom. The predicted molar refractivity (Wildman–Crippen MR) is 112 cm³/mol. The number of rotatable bonds is 7. The zero-order valence-electron chi connectivity index (χ0n) is 16.8. The second-order valence-electron chi connectivity index (χ2n) is 6.87. The number of nitrogens with one attached hydrogen (secondary N) is 2. The van der Waals surface area contributed by atoms with Crippen molar-refractivity contribution >= 4 is 17.5 Å². The molecule has 0 aliphatic carbocycles. The number of aromatic nitrogens is 4. The SMILES string of the molecule is Cc1oncc1C(=O)Nc1ccc(C(=O)NCc2ccccc2Cn2cncn2)cc1. The molecule has 0 radical (unpaired) electrons. The summed E-state index contributed by atoms with van der Waals surface area (Å²) in [5, 5.41) is 13.4. The van der Waals surface area contributed by atoms with Gasteiger partial charge in [-0.2, -0.15) is 5.10 Å². The average Bonchev–Trinajstić information content (AvgIpc) is 3.45. The third kappa shape index (κ3) is 4.84. The molecule has 4 rings (SSSR count). The quantitative estimate of drug-likeness (QED) is 0.479. The summed E-state index contributed by atoms with van der Waals surface area (Å²) < 4.78 is 6.63. The zero-order chi connectivity index (χ0) is 21.6. The Morgan fingerprint density at radius 3 is 2.48 bits per heavy atom. The molecule has 0 unspecified atom stereocenters. The number of carbonyl (C=O) groups is 2. The van der Waals surface area contributed by atoms with Gasteiger partial charge in [-0.3, -0.25) is 9.59 Å². The van der Waals surface area contributed by atoms with Crippen LogP contribution in [-0.2, 0) is 13.1 Å². The van der Waals surface area contributed by atoms with Crippen LogP contribution in [0.3, 0.4) is 0 Å². The summed E-state index contributed by atoms with van der Waals surface area (Å²) >= 11 is 0. The fourth-order valence-electron chi connectivity index (χ4n) is 3.07. The van der Waals surface area contributed by atoms with Crippen LogP contribution in [0.2, 0.25) is 0 Å². The number of hydrogen-bond donors (Lipinski definition) is 2. The third-order valence-corrected chi connectivity index (χ3v) is 4.76. The Balaban J connectivity index is 1.36. The number of aryl methyl sites for hydroxylation is 1. The molecule has 0 fully saturated rings. The van der Waals surface area contributed by atoms with Crippen LogP contribution in [0.15, 0.2) is 71.9 Å². The molecule has 2 heterocycles. The number of benzene rings is 2. The van der Waals surface area contributed by atoms with Gasteiger partial charge in [-0.15, -0.1) is 0 Å². The van der Waals surface area contributed by atoms with Crippen LogP contribution in [0.1, 0.15) is 37.6 Å². The van der Waals surface area contributed by atoms with Gasteiger partial charge in [-0.1, -0.05) is 29.4 Å². The smallest absolute Gasteiger partial charge is 0.260 e. The monoisotopic (exact) mass is 416 g/mol. The van der Waals surface area contributed by atoms with Crippen molar-refractivity contribution < 1.29 is 14.1 Å².